The van der Waals surface area contributed by atoms with Gasteiger partial charge in [-0.05, 0) is 25.0 Å². The Bertz CT molecular complexity index is 916. The number of aryl methyl sites for hydroxylation is 1. The smallest absolute Gasteiger partial charge is 0.322 e. The third-order valence-electron chi connectivity index (χ3n) is 5.15. The maximum absolute atomic E-state index is 12.7. The zero-order valence-electron chi connectivity index (χ0n) is 15.5. The highest BCUT2D eigenvalue weighted by Gasteiger charge is 2.52. The minimum absolute atomic E-state index is 0.261. The van der Waals surface area contributed by atoms with Gasteiger partial charge < -0.3 is 5.32 Å². The number of urea groups is 1. The van der Waals surface area contributed by atoms with E-state index in [0.717, 1.165) is 40.2 Å². The van der Waals surface area contributed by atoms with Gasteiger partial charge in [0.1, 0.15) is 12.1 Å². The van der Waals surface area contributed by atoms with E-state index < -0.39 is 23.4 Å². The summed E-state index contributed by atoms with van der Waals surface area (Å²) in [6, 6.07) is 7.00. The van der Waals surface area contributed by atoms with Gasteiger partial charge in [-0.15, -0.1) is 10.2 Å². The molecule has 4 rings (SSSR count). The molecule has 1 saturated carbocycles. The Morgan fingerprint density at radius 3 is 2.61 bits per heavy atom. The Hall–Kier alpha value is -3.30. The minimum Gasteiger partial charge on any atom is -0.322 e. The van der Waals surface area contributed by atoms with Crippen LogP contribution >= 0.6 is 0 Å². The number of imide groups is 1. The molecule has 4 amide bonds. The summed E-state index contributed by atoms with van der Waals surface area (Å²) in [6.45, 7) is 1.72. The number of amides is 4. The molecule has 28 heavy (non-hydrogen) atoms. The molecule has 2 heterocycles. The number of benzene rings is 1. The van der Waals surface area contributed by atoms with E-state index in [-0.39, 0.29) is 6.54 Å². The molecule has 146 valence electrons. The highest BCUT2D eigenvalue weighted by atomic mass is 16.2. The average molecular weight is 383 g/mol. The van der Waals surface area contributed by atoms with Crippen LogP contribution in [-0.2, 0) is 16.1 Å². The lowest BCUT2D eigenvalue weighted by atomic mass is 9.82. The molecule has 10 heteroatoms. The van der Waals surface area contributed by atoms with Gasteiger partial charge in [0.15, 0.2) is 0 Å². The quantitative estimate of drug-likeness (QED) is 0.758. The van der Waals surface area contributed by atoms with Crippen LogP contribution in [0.5, 0.6) is 0 Å². The molecule has 1 aliphatic carbocycles. The first kappa shape index (κ1) is 18.1. The molecule has 0 unspecified atom stereocenters. The Labute approximate surface area is 161 Å². The summed E-state index contributed by atoms with van der Waals surface area (Å²) in [5, 5.41) is 15.5. The molecule has 1 aromatic heterocycles. The fourth-order valence-electron chi connectivity index (χ4n) is 3.63. The van der Waals surface area contributed by atoms with Crippen LogP contribution in [0.2, 0.25) is 0 Å². The highest BCUT2D eigenvalue weighted by molar-refractivity contribution is 6.07. The van der Waals surface area contributed by atoms with Crippen LogP contribution in [-0.4, -0.2) is 48.6 Å². The summed E-state index contributed by atoms with van der Waals surface area (Å²) in [4.78, 5) is 38.3. The van der Waals surface area contributed by atoms with Crippen molar-refractivity contribution in [3.8, 4) is 11.4 Å². The van der Waals surface area contributed by atoms with E-state index in [9.17, 15) is 14.4 Å². The van der Waals surface area contributed by atoms with Crippen LogP contribution in [0.15, 0.2) is 24.3 Å². The molecule has 0 atom stereocenters. The van der Waals surface area contributed by atoms with Gasteiger partial charge in [0.25, 0.3) is 11.8 Å². The van der Waals surface area contributed by atoms with E-state index in [1.807, 2.05) is 31.2 Å². The number of nitrogens with one attached hydrogen (secondary N) is 2. The minimum atomic E-state index is -0.882. The maximum Gasteiger partial charge on any atom is 0.344 e. The van der Waals surface area contributed by atoms with Crippen LogP contribution in [0.1, 0.15) is 37.7 Å². The van der Waals surface area contributed by atoms with Crippen LogP contribution in [0.25, 0.3) is 11.4 Å². The summed E-state index contributed by atoms with van der Waals surface area (Å²) >= 11 is 0. The number of nitrogens with zero attached hydrogens (tertiary/aromatic N) is 5. The zero-order chi connectivity index (χ0) is 19.7. The first-order valence-electron chi connectivity index (χ1n) is 9.28. The maximum atomic E-state index is 12.7. The first-order valence-corrected chi connectivity index (χ1v) is 9.28. The zero-order valence-corrected chi connectivity index (χ0v) is 15.5. The van der Waals surface area contributed by atoms with E-state index >= 15 is 0 Å². The topological polar surface area (TPSA) is 122 Å². The summed E-state index contributed by atoms with van der Waals surface area (Å²) in [5.41, 5.74) is 3.37. The number of rotatable bonds is 4. The van der Waals surface area contributed by atoms with Crippen molar-refractivity contribution >= 4 is 17.8 Å². The van der Waals surface area contributed by atoms with Crippen molar-refractivity contribution in [2.45, 2.75) is 51.1 Å². The lowest BCUT2D eigenvalue weighted by Crippen LogP contribution is -2.51. The molecule has 0 radical (unpaired) electrons. The summed E-state index contributed by atoms with van der Waals surface area (Å²) < 4.78 is 0. The molecule has 10 nitrogen and oxygen atoms in total. The standard InChI is InChI=1S/C18H21N7O3/c1-12-5-7-13(8-6-12)15-20-23-24(22-15)11-14(26)21-25-16(27)18(19-17(25)28)9-3-2-4-10-18/h5-8H,2-4,9-11H2,1H3,(H,19,28)(H,21,26). The number of tetrazole rings is 1. The van der Waals surface area contributed by atoms with Crippen molar-refractivity contribution in [2.24, 2.45) is 0 Å². The van der Waals surface area contributed by atoms with Gasteiger partial charge in [0.05, 0.1) is 0 Å². The normalized spacial score (nSPS) is 18.4. The molecule has 1 aromatic carbocycles. The Morgan fingerprint density at radius 1 is 1.18 bits per heavy atom. The van der Waals surface area contributed by atoms with E-state index in [1.165, 1.54) is 0 Å². The largest absolute Gasteiger partial charge is 0.344 e. The van der Waals surface area contributed by atoms with Crippen molar-refractivity contribution in [1.29, 1.82) is 0 Å². The monoisotopic (exact) mass is 383 g/mol. The third-order valence-corrected chi connectivity index (χ3v) is 5.15. The molecule has 1 saturated heterocycles. The highest BCUT2D eigenvalue weighted by Crippen LogP contribution is 2.32. The van der Waals surface area contributed by atoms with Crippen molar-refractivity contribution in [3.63, 3.8) is 0 Å². The molecule has 2 fully saturated rings. The molecule has 2 N–H and O–H groups in total. The van der Waals surface area contributed by atoms with Gasteiger partial charge in [-0.25, -0.2) is 4.79 Å². The number of carbonyl (C=O) groups is 3. The van der Waals surface area contributed by atoms with Crippen molar-refractivity contribution in [2.75, 3.05) is 0 Å². The molecule has 1 spiro atoms. The van der Waals surface area contributed by atoms with Crippen molar-refractivity contribution < 1.29 is 14.4 Å². The second-order valence-corrected chi connectivity index (χ2v) is 7.26. The number of carbonyl (C=O) groups excluding carboxylic acids is 3. The van der Waals surface area contributed by atoms with E-state index in [2.05, 4.69) is 26.2 Å². The van der Waals surface area contributed by atoms with Crippen LogP contribution < -0.4 is 10.7 Å². The van der Waals surface area contributed by atoms with Gasteiger partial charge >= 0.3 is 6.03 Å². The Morgan fingerprint density at radius 2 is 1.89 bits per heavy atom. The SMILES string of the molecule is Cc1ccc(-c2nnn(CC(=O)NN3C(=O)NC4(CCCCC4)C3=O)n2)cc1. The van der Waals surface area contributed by atoms with Crippen molar-refractivity contribution in [1.82, 2.24) is 36.0 Å². The predicted octanol–water partition coefficient (Wildman–Crippen LogP) is 0.934. The molecule has 2 aliphatic rings. The summed E-state index contributed by atoms with van der Waals surface area (Å²) in [6.07, 6.45) is 3.97. The Kier molecular flexibility index (Phi) is 4.54. The number of hydrazine groups is 1. The lowest BCUT2D eigenvalue weighted by Gasteiger charge is -2.30. The van der Waals surface area contributed by atoms with E-state index in [1.54, 1.807) is 0 Å². The second-order valence-electron chi connectivity index (χ2n) is 7.26. The molecule has 0 bridgehead atoms. The summed E-state index contributed by atoms with van der Waals surface area (Å²) in [5.74, 6) is -0.592. The molecule has 2 aromatic rings. The molecule has 1 aliphatic heterocycles. The van der Waals surface area contributed by atoms with Gasteiger partial charge in [0.2, 0.25) is 5.82 Å². The third kappa shape index (κ3) is 3.32. The van der Waals surface area contributed by atoms with E-state index in [4.69, 9.17) is 0 Å². The number of hydrogen-bond donors (Lipinski definition) is 2. The fourth-order valence-corrected chi connectivity index (χ4v) is 3.63. The average Bonchev–Trinajstić information content (AvgIpc) is 3.22. The predicted molar refractivity (Wildman–Crippen MR) is 97.3 cm³/mol. The number of aromatic nitrogens is 4. The van der Waals surface area contributed by atoms with Gasteiger partial charge in [-0.3, -0.25) is 15.0 Å². The first-order chi connectivity index (χ1) is 13.5. The van der Waals surface area contributed by atoms with Crippen LogP contribution in [0.3, 0.4) is 0 Å². The fraction of sp³-hybridized carbons (Fsp3) is 0.444. The Balaban J connectivity index is 1.40. The van der Waals surface area contributed by atoms with Gasteiger partial charge in [-0.1, -0.05) is 49.1 Å². The van der Waals surface area contributed by atoms with Crippen LogP contribution in [0.4, 0.5) is 4.79 Å². The van der Waals surface area contributed by atoms with Crippen LogP contribution in [0, 0.1) is 6.92 Å². The second kappa shape index (κ2) is 7.02. The van der Waals surface area contributed by atoms with Gasteiger partial charge in [-0.2, -0.15) is 9.81 Å². The van der Waals surface area contributed by atoms with Crippen molar-refractivity contribution in [3.05, 3.63) is 29.8 Å². The van der Waals surface area contributed by atoms with Gasteiger partial charge in [0, 0.05) is 5.56 Å². The summed E-state index contributed by atoms with van der Waals surface area (Å²) in [7, 11) is 0. The van der Waals surface area contributed by atoms with E-state index in [0.29, 0.717) is 18.7 Å². The lowest BCUT2D eigenvalue weighted by molar-refractivity contribution is -0.140. The molecular formula is C18H21N7O3. The number of hydrogen-bond acceptors (Lipinski definition) is 6. The molecular weight excluding hydrogens is 362 g/mol.